The van der Waals surface area contributed by atoms with E-state index in [0.29, 0.717) is 35.6 Å². The first kappa shape index (κ1) is 22.0. The maximum absolute atomic E-state index is 12.1. The van der Waals surface area contributed by atoms with Gasteiger partial charge in [0.05, 0.1) is 18.6 Å². The normalized spacial score (nSPS) is 10.8. The maximum Gasteiger partial charge on any atom is 0.230 e. The highest BCUT2D eigenvalue weighted by atomic mass is 35.5. The van der Waals surface area contributed by atoms with Crippen molar-refractivity contribution in [3.05, 3.63) is 70.9 Å². The van der Waals surface area contributed by atoms with E-state index in [1.807, 2.05) is 36.6 Å². The molecule has 7 nitrogen and oxygen atoms in total. The standard InChI is InChI=1S/C21H23ClN4O3S/c1-4-7-26-18(12-29-17-9-14(2)20(22)15(3)10-17)24-25-21(26)30-13-19(27)23-11-16-6-5-8-28-16/h4-6,8-10H,1,7,11-13H2,2-3H3,(H,23,27). The van der Waals surface area contributed by atoms with Gasteiger partial charge >= 0.3 is 0 Å². The highest BCUT2D eigenvalue weighted by Crippen LogP contribution is 2.26. The van der Waals surface area contributed by atoms with E-state index in [1.165, 1.54) is 11.8 Å². The van der Waals surface area contributed by atoms with E-state index in [1.54, 1.807) is 18.4 Å². The van der Waals surface area contributed by atoms with Crippen molar-refractivity contribution in [3.8, 4) is 5.75 Å². The first-order valence-electron chi connectivity index (χ1n) is 9.32. The maximum atomic E-state index is 12.1. The van der Waals surface area contributed by atoms with Crippen LogP contribution in [0.1, 0.15) is 22.7 Å². The van der Waals surface area contributed by atoms with Gasteiger partial charge in [-0.2, -0.15) is 0 Å². The Kier molecular flexibility index (Phi) is 7.59. The van der Waals surface area contributed by atoms with Gasteiger partial charge in [-0.05, 0) is 49.2 Å². The van der Waals surface area contributed by atoms with Crippen LogP contribution in [0.3, 0.4) is 0 Å². The molecule has 0 aliphatic carbocycles. The molecular formula is C21H23ClN4O3S. The SMILES string of the molecule is C=CCn1c(COc2cc(C)c(Cl)c(C)c2)nnc1SCC(=O)NCc1ccco1. The lowest BCUT2D eigenvalue weighted by atomic mass is 10.1. The number of rotatable bonds is 10. The third kappa shape index (κ3) is 5.67. The summed E-state index contributed by atoms with van der Waals surface area (Å²) in [7, 11) is 0. The Morgan fingerprint density at radius 3 is 2.80 bits per heavy atom. The smallest absolute Gasteiger partial charge is 0.230 e. The van der Waals surface area contributed by atoms with Gasteiger partial charge in [0, 0.05) is 11.6 Å². The first-order valence-corrected chi connectivity index (χ1v) is 10.7. The van der Waals surface area contributed by atoms with Gasteiger partial charge < -0.3 is 14.5 Å². The number of nitrogens with zero attached hydrogens (tertiary/aromatic N) is 3. The van der Waals surface area contributed by atoms with Crippen molar-refractivity contribution in [2.24, 2.45) is 0 Å². The highest BCUT2D eigenvalue weighted by Gasteiger charge is 2.15. The second-order valence-electron chi connectivity index (χ2n) is 6.60. The van der Waals surface area contributed by atoms with Crippen molar-refractivity contribution >= 4 is 29.3 Å². The number of aryl methyl sites for hydroxylation is 2. The van der Waals surface area contributed by atoms with E-state index in [-0.39, 0.29) is 18.3 Å². The van der Waals surface area contributed by atoms with Crippen molar-refractivity contribution in [2.45, 2.75) is 38.7 Å². The van der Waals surface area contributed by atoms with E-state index >= 15 is 0 Å². The van der Waals surface area contributed by atoms with Crippen LogP contribution in [0.4, 0.5) is 0 Å². The Bertz CT molecular complexity index is 994. The van der Waals surface area contributed by atoms with Crippen molar-refractivity contribution in [1.82, 2.24) is 20.1 Å². The topological polar surface area (TPSA) is 82.2 Å². The average Bonchev–Trinajstić information content (AvgIpc) is 3.38. The van der Waals surface area contributed by atoms with Crippen LogP contribution < -0.4 is 10.1 Å². The Balaban J connectivity index is 1.60. The van der Waals surface area contributed by atoms with E-state index < -0.39 is 0 Å². The highest BCUT2D eigenvalue weighted by molar-refractivity contribution is 7.99. The van der Waals surface area contributed by atoms with Crippen LogP contribution in [0, 0.1) is 13.8 Å². The van der Waals surface area contributed by atoms with E-state index in [0.717, 1.165) is 16.1 Å². The molecule has 0 radical (unpaired) electrons. The molecule has 0 spiro atoms. The Hall–Kier alpha value is -2.71. The Labute approximate surface area is 184 Å². The summed E-state index contributed by atoms with van der Waals surface area (Å²) in [5.41, 5.74) is 1.91. The fourth-order valence-electron chi connectivity index (χ4n) is 2.76. The first-order chi connectivity index (χ1) is 14.5. The van der Waals surface area contributed by atoms with Crippen LogP contribution in [0.25, 0.3) is 0 Å². The van der Waals surface area contributed by atoms with Gasteiger partial charge in [-0.3, -0.25) is 9.36 Å². The fraction of sp³-hybridized carbons (Fsp3) is 0.286. The van der Waals surface area contributed by atoms with Crippen molar-refractivity contribution in [2.75, 3.05) is 5.75 Å². The zero-order chi connectivity index (χ0) is 21.5. The number of nitrogens with one attached hydrogen (secondary N) is 1. The van der Waals surface area contributed by atoms with Crippen LogP contribution in [-0.2, 0) is 24.5 Å². The number of furan rings is 1. The lowest BCUT2D eigenvalue weighted by Crippen LogP contribution is -2.24. The number of ether oxygens (including phenoxy) is 1. The second-order valence-corrected chi connectivity index (χ2v) is 7.92. The Morgan fingerprint density at radius 1 is 1.37 bits per heavy atom. The van der Waals surface area contributed by atoms with Gasteiger partial charge in [-0.25, -0.2) is 0 Å². The zero-order valence-corrected chi connectivity index (χ0v) is 18.4. The minimum Gasteiger partial charge on any atom is -0.486 e. The van der Waals surface area contributed by atoms with Crippen LogP contribution in [0.15, 0.2) is 52.8 Å². The molecule has 0 fully saturated rings. The van der Waals surface area contributed by atoms with Crippen molar-refractivity contribution in [1.29, 1.82) is 0 Å². The van der Waals surface area contributed by atoms with Gasteiger partial charge in [0.1, 0.15) is 18.1 Å². The van der Waals surface area contributed by atoms with E-state index in [9.17, 15) is 4.79 Å². The van der Waals surface area contributed by atoms with E-state index in [2.05, 4.69) is 22.1 Å². The predicted molar refractivity (Wildman–Crippen MR) is 117 cm³/mol. The molecule has 0 bridgehead atoms. The summed E-state index contributed by atoms with van der Waals surface area (Å²) in [6.07, 6.45) is 3.33. The number of amides is 1. The van der Waals surface area contributed by atoms with Crippen molar-refractivity contribution < 1.29 is 13.9 Å². The minimum absolute atomic E-state index is 0.116. The number of thioether (sulfide) groups is 1. The summed E-state index contributed by atoms with van der Waals surface area (Å²) in [4.78, 5) is 12.1. The largest absolute Gasteiger partial charge is 0.486 e. The molecule has 1 amide bonds. The zero-order valence-electron chi connectivity index (χ0n) is 16.9. The average molecular weight is 447 g/mol. The third-order valence-electron chi connectivity index (χ3n) is 4.26. The van der Waals surface area contributed by atoms with Crippen LogP contribution >= 0.6 is 23.4 Å². The summed E-state index contributed by atoms with van der Waals surface area (Å²) in [6, 6.07) is 7.37. The third-order valence-corrected chi connectivity index (χ3v) is 5.82. The number of aromatic nitrogens is 3. The molecule has 0 saturated carbocycles. The van der Waals surface area contributed by atoms with Crippen molar-refractivity contribution in [3.63, 3.8) is 0 Å². The van der Waals surface area contributed by atoms with Gasteiger partial charge in [0.2, 0.25) is 5.91 Å². The number of carbonyl (C=O) groups excluding carboxylic acids is 1. The molecule has 0 saturated heterocycles. The monoisotopic (exact) mass is 446 g/mol. The molecule has 2 aromatic heterocycles. The number of carbonyl (C=O) groups is 1. The Morgan fingerprint density at radius 2 is 2.13 bits per heavy atom. The second kappa shape index (κ2) is 10.4. The molecule has 30 heavy (non-hydrogen) atoms. The van der Waals surface area contributed by atoms with Gasteiger partial charge in [-0.1, -0.05) is 29.4 Å². The molecule has 3 rings (SSSR count). The van der Waals surface area contributed by atoms with Gasteiger partial charge in [0.15, 0.2) is 11.0 Å². The van der Waals surface area contributed by atoms with E-state index in [4.69, 9.17) is 20.8 Å². The molecule has 9 heteroatoms. The molecule has 0 aliphatic rings. The van der Waals surface area contributed by atoms with Gasteiger partial charge in [0.25, 0.3) is 0 Å². The fourth-order valence-corrected chi connectivity index (χ4v) is 3.67. The lowest BCUT2D eigenvalue weighted by Gasteiger charge is -2.11. The summed E-state index contributed by atoms with van der Waals surface area (Å²) in [6.45, 7) is 8.78. The lowest BCUT2D eigenvalue weighted by molar-refractivity contribution is -0.118. The summed E-state index contributed by atoms with van der Waals surface area (Å²) < 4.78 is 13.0. The number of allylic oxidation sites excluding steroid dienone is 1. The van der Waals surface area contributed by atoms with Crippen LogP contribution in [-0.4, -0.2) is 26.4 Å². The number of halogens is 1. The predicted octanol–water partition coefficient (Wildman–Crippen LogP) is 4.31. The van der Waals surface area contributed by atoms with Crippen LogP contribution in [0.2, 0.25) is 5.02 Å². The molecule has 2 heterocycles. The molecule has 3 aromatic rings. The number of benzene rings is 1. The number of hydrogen-bond acceptors (Lipinski definition) is 6. The quantitative estimate of drug-likeness (QED) is 0.369. The molecule has 1 aromatic carbocycles. The van der Waals surface area contributed by atoms with Gasteiger partial charge in [-0.15, -0.1) is 16.8 Å². The minimum atomic E-state index is -0.116. The molecule has 158 valence electrons. The molecule has 0 atom stereocenters. The summed E-state index contributed by atoms with van der Waals surface area (Å²) in [5, 5.41) is 12.6. The summed E-state index contributed by atoms with van der Waals surface area (Å²) in [5.74, 6) is 2.17. The summed E-state index contributed by atoms with van der Waals surface area (Å²) >= 11 is 7.52. The molecule has 1 N–H and O–H groups in total. The van der Waals surface area contributed by atoms with Crippen LogP contribution in [0.5, 0.6) is 5.75 Å². The molecule has 0 unspecified atom stereocenters. The number of hydrogen-bond donors (Lipinski definition) is 1. The molecular weight excluding hydrogens is 424 g/mol. The molecule has 0 aliphatic heterocycles.